The smallest absolute Gasteiger partial charge is 0.240 e. The first-order valence-electron chi connectivity index (χ1n) is 9.62. The maximum absolute atomic E-state index is 12.7. The van der Waals surface area contributed by atoms with Gasteiger partial charge in [0.2, 0.25) is 10.0 Å². The Morgan fingerprint density at radius 1 is 1.04 bits per heavy atom. The van der Waals surface area contributed by atoms with Gasteiger partial charge in [-0.1, -0.05) is 24.3 Å². The van der Waals surface area contributed by atoms with Crippen molar-refractivity contribution >= 4 is 20.9 Å². The van der Waals surface area contributed by atoms with Crippen molar-refractivity contribution in [3.8, 4) is 0 Å². The second kappa shape index (κ2) is 7.13. The molecule has 4 nitrogen and oxygen atoms in total. The Morgan fingerprint density at radius 3 is 2.59 bits per heavy atom. The summed E-state index contributed by atoms with van der Waals surface area (Å²) >= 11 is 0. The van der Waals surface area contributed by atoms with Crippen LogP contribution >= 0.6 is 0 Å². The van der Waals surface area contributed by atoms with Crippen molar-refractivity contribution in [1.82, 2.24) is 9.29 Å². The Balaban J connectivity index is 1.51. The lowest BCUT2D eigenvalue weighted by Gasteiger charge is -2.16. The molecule has 0 saturated carbocycles. The van der Waals surface area contributed by atoms with E-state index in [9.17, 15) is 8.42 Å². The molecule has 0 fully saturated rings. The summed E-state index contributed by atoms with van der Waals surface area (Å²) in [4.78, 5) is 0.387. The summed E-state index contributed by atoms with van der Waals surface area (Å²) in [5.74, 6) is 0. The molecule has 142 valence electrons. The maximum Gasteiger partial charge on any atom is 0.240 e. The minimum absolute atomic E-state index is 0.387. The van der Waals surface area contributed by atoms with Crippen molar-refractivity contribution < 1.29 is 8.42 Å². The Hall–Kier alpha value is -2.11. The van der Waals surface area contributed by atoms with Gasteiger partial charge in [-0.25, -0.2) is 13.1 Å². The predicted octanol–water partition coefficient (Wildman–Crippen LogP) is 3.89. The van der Waals surface area contributed by atoms with Crippen LogP contribution in [0.4, 0.5) is 0 Å². The number of hydrogen-bond donors (Lipinski definition) is 1. The second-order valence-corrected chi connectivity index (χ2v) is 9.19. The number of hydrogen-bond acceptors (Lipinski definition) is 2. The van der Waals surface area contributed by atoms with E-state index in [2.05, 4.69) is 35.4 Å². The molecule has 1 aliphatic carbocycles. The van der Waals surface area contributed by atoms with Crippen LogP contribution in [0.1, 0.15) is 35.2 Å². The third-order valence-corrected chi connectivity index (χ3v) is 7.29. The summed E-state index contributed by atoms with van der Waals surface area (Å²) in [5, 5.41) is 1.20. The lowest BCUT2D eigenvalue weighted by atomic mass is 9.92. The molecule has 0 unspecified atom stereocenters. The molecule has 0 bridgehead atoms. The zero-order valence-corrected chi connectivity index (χ0v) is 16.8. The van der Waals surface area contributed by atoms with E-state index in [4.69, 9.17) is 0 Å². The Morgan fingerprint density at radius 2 is 1.78 bits per heavy atom. The zero-order valence-electron chi connectivity index (χ0n) is 16.0. The third-order valence-electron chi connectivity index (χ3n) is 5.83. The van der Waals surface area contributed by atoms with Gasteiger partial charge in [0.05, 0.1) is 4.90 Å². The molecule has 1 aromatic heterocycles. The number of fused-ring (bicyclic) bond motifs is 2. The average Bonchev–Trinajstić information content (AvgIpc) is 2.92. The molecule has 0 amide bonds. The first-order valence-corrected chi connectivity index (χ1v) is 11.1. The Labute approximate surface area is 161 Å². The maximum atomic E-state index is 12.7. The molecule has 27 heavy (non-hydrogen) atoms. The van der Waals surface area contributed by atoms with Gasteiger partial charge in [0, 0.05) is 30.2 Å². The molecule has 3 aromatic rings. The van der Waals surface area contributed by atoms with Crippen LogP contribution in [0.5, 0.6) is 0 Å². The average molecular weight is 383 g/mol. The van der Waals surface area contributed by atoms with Gasteiger partial charge in [-0.3, -0.25) is 0 Å². The SMILES string of the molecule is Cc1c(CCNS(=O)(=O)c2ccc3c(c2)CCCC3)c2ccccc2n1C. The highest BCUT2D eigenvalue weighted by atomic mass is 32.2. The number of rotatable bonds is 5. The number of benzene rings is 2. The quantitative estimate of drug-likeness (QED) is 0.728. The fourth-order valence-corrected chi connectivity index (χ4v) is 5.27. The van der Waals surface area contributed by atoms with Crippen LogP contribution in [-0.4, -0.2) is 19.5 Å². The molecule has 1 aliphatic rings. The molecule has 2 aromatic carbocycles. The molecule has 0 atom stereocenters. The highest BCUT2D eigenvalue weighted by molar-refractivity contribution is 7.89. The van der Waals surface area contributed by atoms with Gasteiger partial charge in [-0.15, -0.1) is 0 Å². The van der Waals surface area contributed by atoms with Crippen LogP contribution < -0.4 is 4.72 Å². The summed E-state index contributed by atoms with van der Waals surface area (Å²) in [6.45, 7) is 2.49. The molecule has 0 spiro atoms. The second-order valence-electron chi connectivity index (χ2n) is 7.43. The molecule has 1 heterocycles. The van der Waals surface area contributed by atoms with Crippen LogP contribution in [0.2, 0.25) is 0 Å². The standard InChI is InChI=1S/C22H26N2O2S/c1-16-20(21-9-5-6-10-22(21)24(16)2)13-14-23-27(25,26)19-12-11-17-7-3-4-8-18(17)15-19/h5-6,9-12,15,23H,3-4,7-8,13-14H2,1-2H3. The van der Waals surface area contributed by atoms with E-state index in [0.29, 0.717) is 17.9 Å². The first kappa shape index (κ1) is 18.3. The number of aromatic nitrogens is 1. The van der Waals surface area contributed by atoms with E-state index in [1.165, 1.54) is 39.7 Å². The van der Waals surface area contributed by atoms with E-state index in [1.807, 2.05) is 24.3 Å². The topological polar surface area (TPSA) is 51.1 Å². The normalized spacial score (nSPS) is 14.4. The van der Waals surface area contributed by atoms with Crippen molar-refractivity contribution in [2.75, 3.05) is 6.54 Å². The summed E-state index contributed by atoms with van der Waals surface area (Å²) < 4.78 is 30.5. The zero-order chi connectivity index (χ0) is 19.0. The Bertz CT molecular complexity index is 1100. The summed E-state index contributed by atoms with van der Waals surface area (Å²) in [6, 6.07) is 13.9. The highest BCUT2D eigenvalue weighted by Gasteiger charge is 2.18. The number of nitrogens with one attached hydrogen (secondary N) is 1. The van der Waals surface area contributed by atoms with Crippen molar-refractivity contribution in [3.05, 3.63) is 64.8 Å². The van der Waals surface area contributed by atoms with E-state index in [0.717, 1.165) is 19.3 Å². The van der Waals surface area contributed by atoms with Crippen LogP contribution in [-0.2, 0) is 36.3 Å². The van der Waals surface area contributed by atoms with Gasteiger partial charge in [-0.05, 0) is 73.9 Å². The summed E-state index contributed by atoms with van der Waals surface area (Å²) in [7, 11) is -1.43. The predicted molar refractivity (Wildman–Crippen MR) is 110 cm³/mol. The van der Waals surface area contributed by atoms with Crippen LogP contribution in [0.25, 0.3) is 10.9 Å². The van der Waals surface area contributed by atoms with Crippen LogP contribution in [0, 0.1) is 6.92 Å². The third kappa shape index (κ3) is 3.42. The van der Waals surface area contributed by atoms with Gasteiger partial charge >= 0.3 is 0 Å². The number of aryl methyl sites for hydroxylation is 3. The van der Waals surface area contributed by atoms with Crippen molar-refractivity contribution in [2.45, 2.75) is 43.9 Å². The summed E-state index contributed by atoms with van der Waals surface area (Å²) in [6.07, 6.45) is 5.06. The molecular formula is C22H26N2O2S. The largest absolute Gasteiger partial charge is 0.348 e. The first-order chi connectivity index (χ1) is 13.0. The minimum atomic E-state index is -3.48. The molecule has 0 radical (unpaired) electrons. The van der Waals surface area contributed by atoms with E-state index < -0.39 is 10.0 Å². The lowest BCUT2D eigenvalue weighted by molar-refractivity contribution is 0.581. The monoisotopic (exact) mass is 382 g/mol. The number of sulfonamides is 1. The number of nitrogens with zero attached hydrogens (tertiary/aromatic N) is 1. The van der Waals surface area contributed by atoms with E-state index >= 15 is 0 Å². The lowest BCUT2D eigenvalue weighted by Crippen LogP contribution is -2.26. The fraction of sp³-hybridized carbons (Fsp3) is 0.364. The van der Waals surface area contributed by atoms with Crippen molar-refractivity contribution in [1.29, 1.82) is 0 Å². The van der Waals surface area contributed by atoms with E-state index in [-0.39, 0.29) is 0 Å². The molecular weight excluding hydrogens is 356 g/mol. The fourth-order valence-electron chi connectivity index (χ4n) is 4.19. The van der Waals surface area contributed by atoms with Gasteiger partial charge in [0.25, 0.3) is 0 Å². The Kier molecular flexibility index (Phi) is 4.82. The summed E-state index contributed by atoms with van der Waals surface area (Å²) in [5.41, 5.74) is 6.06. The van der Waals surface area contributed by atoms with Crippen LogP contribution in [0.3, 0.4) is 0 Å². The molecule has 1 N–H and O–H groups in total. The molecule has 5 heteroatoms. The number of para-hydroxylation sites is 1. The van der Waals surface area contributed by atoms with Gasteiger partial charge in [0.1, 0.15) is 0 Å². The molecule has 0 aliphatic heterocycles. The minimum Gasteiger partial charge on any atom is -0.348 e. The van der Waals surface area contributed by atoms with Gasteiger partial charge in [0.15, 0.2) is 0 Å². The van der Waals surface area contributed by atoms with Gasteiger partial charge in [-0.2, -0.15) is 0 Å². The molecule has 0 saturated heterocycles. The van der Waals surface area contributed by atoms with Crippen LogP contribution in [0.15, 0.2) is 47.4 Å². The van der Waals surface area contributed by atoms with E-state index in [1.54, 1.807) is 6.07 Å². The van der Waals surface area contributed by atoms with Crippen molar-refractivity contribution in [3.63, 3.8) is 0 Å². The van der Waals surface area contributed by atoms with Gasteiger partial charge < -0.3 is 4.57 Å². The highest BCUT2D eigenvalue weighted by Crippen LogP contribution is 2.26. The van der Waals surface area contributed by atoms with Crippen molar-refractivity contribution in [2.24, 2.45) is 7.05 Å². The molecule has 4 rings (SSSR count).